The molecule has 1 aromatic carbocycles. The Bertz CT molecular complexity index is 600. The molecule has 1 unspecified atom stereocenters. The molecular weight excluding hydrogens is 363 g/mol. The molecule has 0 saturated carbocycles. The normalized spacial score (nSPS) is 13.1. The third-order valence-electron chi connectivity index (χ3n) is 3.16. The Balaban J connectivity index is 2.37. The van der Waals surface area contributed by atoms with E-state index >= 15 is 0 Å². The van der Waals surface area contributed by atoms with Crippen LogP contribution in [-0.2, 0) is 6.54 Å². The van der Waals surface area contributed by atoms with Crippen LogP contribution < -0.4 is 0 Å². The van der Waals surface area contributed by atoms with Crippen molar-refractivity contribution in [2.45, 2.75) is 31.7 Å². The van der Waals surface area contributed by atoms with Crippen molar-refractivity contribution < 1.29 is 4.39 Å². The zero-order valence-corrected chi connectivity index (χ0v) is 14.7. The van der Waals surface area contributed by atoms with Gasteiger partial charge in [-0.3, -0.25) is 0 Å². The van der Waals surface area contributed by atoms with Crippen LogP contribution in [0.2, 0.25) is 0 Å². The average molecular weight is 380 g/mol. The van der Waals surface area contributed by atoms with E-state index in [0.29, 0.717) is 4.47 Å². The molecule has 1 aromatic heterocycles. The third kappa shape index (κ3) is 3.49. The molecule has 0 radical (unpaired) electrons. The van der Waals surface area contributed by atoms with Gasteiger partial charge >= 0.3 is 0 Å². The van der Waals surface area contributed by atoms with Crippen LogP contribution in [0.25, 0.3) is 11.0 Å². The van der Waals surface area contributed by atoms with Crippen LogP contribution in [0.1, 0.15) is 31.0 Å². The molecule has 2 aromatic rings. The molecule has 0 bridgehead atoms. The van der Waals surface area contributed by atoms with Crippen molar-refractivity contribution in [2.24, 2.45) is 0 Å². The fraction of sp³-hybridized carbons (Fsp3) is 0.500. The fourth-order valence-corrected chi connectivity index (χ4v) is 3.18. The van der Waals surface area contributed by atoms with Gasteiger partial charge in [0, 0.05) is 12.6 Å². The van der Waals surface area contributed by atoms with Gasteiger partial charge in [-0.05, 0) is 53.8 Å². The molecule has 0 aliphatic heterocycles. The maximum absolute atomic E-state index is 13.8. The Labute approximate surface area is 136 Å². The van der Waals surface area contributed by atoms with Gasteiger partial charge in [0.15, 0.2) is 0 Å². The summed E-state index contributed by atoms with van der Waals surface area (Å²) in [7, 11) is 0. The molecule has 0 saturated heterocycles. The van der Waals surface area contributed by atoms with Gasteiger partial charge in [0.25, 0.3) is 0 Å². The highest BCUT2D eigenvalue weighted by atomic mass is 79.9. The number of fused-ring (bicyclic) bond motifs is 1. The topological polar surface area (TPSA) is 17.8 Å². The van der Waals surface area contributed by atoms with Crippen molar-refractivity contribution in [3.63, 3.8) is 0 Å². The van der Waals surface area contributed by atoms with Gasteiger partial charge < -0.3 is 4.57 Å². The van der Waals surface area contributed by atoms with Gasteiger partial charge in [-0.2, -0.15) is 11.8 Å². The molecule has 0 aliphatic rings. The molecule has 20 heavy (non-hydrogen) atoms. The van der Waals surface area contributed by atoms with Crippen molar-refractivity contribution in [3.05, 3.63) is 28.2 Å². The molecule has 0 spiro atoms. The largest absolute Gasteiger partial charge is 0.327 e. The molecule has 110 valence electrons. The smallest absolute Gasteiger partial charge is 0.139 e. The standard InChI is InChI=1S/C14H17BrClFN2S/c1-9(16)14-18-12-7-10(15)11(17)8-13(12)19(14)5-3-4-6-20-2/h7-9H,3-6H2,1-2H3. The van der Waals surface area contributed by atoms with E-state index < -0.39 is 0 Å². The summed E-state index contributed by atoms with van der Waals surface area (Å²) in [5.41, 5.74) is 1.60. The van der Waals surface area contributed by atoms with Crippen molar-refractivity contribution in [3.8, 4) is 0 Å². The monoisotopic (exact) mass is 378 g/mol. The van der Waals surface area contributed by atoms with Gasteiger partial charge in [0.05, 0.1) is 20.9 Å². The lowest BCUT2D eigenvalue weighted by Gasteiger charge is -2.10. The van der Waals surface area contributed by atoms with Crippen LogP contribution in [-0.4, -0.2) is 21.6 Å². The summed E-state index contributed by atoms with van der Waals surface area (Å²) in [4.78, 5) is 4.54. The van der Waals surface area contributed by atoms with Gasteiger partial charge in [0.2, 0.25) is 0 Å². The Morgan fingerprint density at radius 2 is 2.20 bits per heavy atom. The van der Waals surface area contributed by atoms with Crippen molar-refractivity contribution in [1.29, 1.82) is 0 Å². The van der Waals surface area contributed by atoms with E-state index in [2.05, 4.69) is 27.2 Å². The quantitative estimate of drug-likeness (QED) is 0.495. The summed E-state index contributed by atoms with van der Waals surface area (Å²) in [6, 6.07) is 3.25. The Morgan fingerprint density at radius 1 is 1.45 bits per heavy atom. The minimum atomic E-state index is -0.267. The van der Waals surface area contributed by atoms with Crippen LogP contribution in [0.15, 0.2) is 16.6 Å². The van der Waals surface area contributed by atoms with Gasteiger partial charge in [-0.15, -0.1) is 11.6 Å². The zero-order chi connectivity index (χ0) is 14.7. The molecule has 0 aliphatic carbocycles. The highest BCUT2D eigenvalue weighted by Crippen LogP contribution is 2.28. The number of rotatable bonds is 6. The number of alkyl halides is 1. The fourth-order valence-electron chi connectivity index (χ4n) is 2.19. The van der Waals surface area contributed by atoms with Crippen molar-refractivity contribution >= 4 is 50.3 Å². The molecule has 1 heterocycles. The lowest BCUT2D eigenvalue weighted by atomic mass is 10.3. The Kier molecular flexibility index (Phi) is 5.75. The summed E-state index contributed by atoms with van der Waals surface area (Å²) < 4.78 is 16.2. The third-order valence-corrected chi connectivity index (χ3v) is 4.66. The minimum absolute atomic E-state index is 0.190. The van der Waals surface area contributed by atoms with E-state index in [1.54, 1.807) is 6.07 Å². The van der Waals surface area contributed by atoms with Crippen LogP contribution in [0, 0.1) is 5.82 Å². The van der Waals surface area contributed by atoms with E-state index in [0.717, 1.165) is 42.0 Å². The molecule has 6 heteroatoms. The first-order valence-corrected chi connectivity index (χ1v) is 9.15. The number of aryl methyl sites for hydroxylation is 1. The predicted molar refractivity (Wildman–Crippen MR) is 89.3 cm³/mol. The molecule has 0 N–H and O–H groups in total. The van der Waals surface area contributed by atoms with Crippen molar-refractivity contribution in [1.82, 2.24) is 9.55 Å². The van der Waals surface area contributed by atoms with Crippen LogP contribution >= 0.6 is 39.3 Å². The average Bonchev–Trinajstić information content (AvgIpc) is 2.74. The van der Waals surface area contributed by atoms with Gasteiger partial charge in [-0.1, -0.05) is 0 Å². The van der Waals surface area contributed by atoms with Crippen LogP contribution in [0.4, 0.5) is 4.39 Å². The second-order valence-corrected chi connectivity index (χ2v) is 7.19. The van der Waals surface area contributed by atoms with Crippen LogP contribution in [0.5, 0.6) is 0 Å². The summed E-state index contributed by atoms with van der Waals surface area (Å²) in [5, 5.41) is -0.190. The molecule has 0 fully saturated rings. The number of imidazole rings is 1. The lowest BCUT2D eigenvalue weighted by Crippen LogP contribution is -2.05. The predicted octanol–water partition coefficient (Wildman–Crippen LogP) is 5.38. The number of thioether (sulfide) groups is 1. The highest BCUT2D eigenvalue weighted by Gasteiger charge is 2.16. The summed E-state index contributed by atoms with van der Waals surface area (Å²) in [5.74, 6) is 1.68. The summed E-state index contributed by atoms with van der Waals surface area (Å²) in [6.07, 6.45) is 4.28. The number of unbranched alkanes of at least 4 members (excludes halogenated alkanes) is 1. The molecule has 2 rings (SSSR count). The lowest BCUT2D eigenvalue weighted by molar-refractivity contribution is 0.609. The van der Waals surface area contributed by atoms with E-state index in [1.165, 1.54) is 6.07 Å². The number of hydrogen-bond acceptors (Lipinski definition) is 2. The summed E-state index contributed by atoms with van der Waals surface area (Å²) >= 11 is 11.2. The van der Waals surface area contributed by atoms with Gasteiger partial charge in [0.1, 0.15) is 11.6 Å². The van der Waals surface area contributed by atoms with E-state index in [-0.39, 0.29) is 11.2 Å². The second-order valence-electron chi connectivity index (χ2n) is 4.69. The van der Waals surface area contributed by atoms with E-state index in [1.807, 2.05) is 23.3 Å². The summed E-state index contributed by atoms with van der Waals surface area (Å²) in [6.45, 7) is 2.72. The maximum Gasteiger partial charge on any atom is 0.139 e. The number of halogens is 3. The molecule has 0 amide bonds. The number of aromatic nitrogens is 2. The Morgan fingerprint density at radius 3 is 2.85 bits per heavy atom. The first-order valence-electron chi connectivity index (χ1n) is 6.52. The minimum Gasteiger partial charge on any atom is -0.327 e. The number of benzene rings is 1. The number of hydrogen-bond donors (Lipinski definition) is 0. The first kappa shape index (κ1) is 16.1. The van der Waals surface area contributed by atoms with E-state index in [9.17, 15) is 4.39 Å². The highest BCUT2D eigenvalue weighted by molar-refractivity contribution is 9.10. The SMILES string of the molecule is CSCCCCn1c(C(C)Cl)nc2cc(Br)c(F)cc21. The molecule has 2 nitrogen and oxygen atoms in total. The van der Waals surface area contributed by atoms with E-state index in [4.69, 9.17) is 11.6 Å². The van der Waals surface area contributed by atoms with Crippen molar-refractivity contribution in [2.75, 3.05) is 12.0 Å². The number of nitrogens with zero attached hydrogens (tertiary/aromatic N) is 2. The molecular formula is C14H17BrClFN2S. The zero-order valence-electron chi connectivity index (χ0n) is 11.5. The van der Waals surface area contributed by atoms with Gasteiger partial charge in [-0.25, -0.2) is 9.37 Å². The van der Waals surface area contributed by atoms with Crippen LogP contribution in [0.3, 0.4) is 0 Å². The molecule has 1 atom stereocenters. The Hall–Kier alpha value is -0.260. The first-order chi connectivity index (χ1) is 9.54. The second kappa shape index (κ2) is 7.14. The maximum atomic E-state index is 13.8.